The topological polar surface area (TPSA) is 37.3 Å². The minimum Gasteiger partial charge on any atom is -0.389 e. The Labute approximate surface area is 42.1 Å². The Balaban J connectivity index is 0. The fourth-order valence-electron chi connectivity index (χ4n) is 0. The van der Waals surface area contributed by atoms with Gasteiger partial charge >= 0.3 is 0 Å². The van der Waals surface area contributed by atoms with Crippen LogP contribution < -0.4 is 0 Å². The third-order valence-corrected chi connectivity index (χ3v) is 0.0745. The molecule has 5 heavy (non-hydrogen) atoms. The largest absolute Gasteiger partial charge is 0.389 e. The molecule has 0 aliphatic carbocycles. The van der Waals surface area contributed by atoms with E-state index in [0.29, 0.717) is 6.29 Å². The van der Waals surface area contributed by atoms with Gasteiger partial charge in [0.25, 0.3) is 0 Å². The van der Waals surface area contributed by atoms with Gasteiger partial charge in [-0.25, -0.2) is 0 Å². The van der Waals surface area contributed by atoms with Crippen molar-refractivity contribution in [3.8, 4) is 0 Å². The predicted octanol–water partition coefficient (Wildman–Crippen LogP) is -0.825. The average molecular weight is 111 g/mol. The summed E-state index contributed by atoms with van der Waals surface area (Å²) in [6.45, 7) is -0.361. The Morgan fingerprint density at radius 1 is 1.80 bits per heavy atom. The molecule has 0 unspecified atom stereocenters. The molecule has 0 atom stereocenters. The monoisotopic (exact) mass is 111 g/mol. The van der Waals surface area contributed by atoms with Crippen molar-refractivity contribution in [2.75, 3.05) is 6.61 Å². The zero-order valence-corrected chi connectivity index (χ0v) is 3.98. The summed E-state index contributed by atoms with van der Waals surface area (Å²) in [7, 11) is 0. The Kier molecular flexibility index (Phi) is 15.9. The van der Waals surface area contributed by atoms with E-state index in [4.69, 9.17) is 9.90 Å². The second kappa shape index (κ2) is 8.88. The van der Waals surface area contributed by atoms with Crippen LogP contribution in [-0.2, 0) is 23.4 Å². The van der Waals surface area contributed by atoms with E-state index in [2.05, 4.69) is 0 Å². The predicted molar refractivity (Wildman–Crippen MR) is 13.1 cm³/mol. The molecule has 0 aromatic rings. The number of aliphatic hydroxyl groups excluding tert-OH is 1. The van der Waals surface area contributed by atoms with E-state index in [0.717, 1.165) is 0 Å². The molecule has 0 aromatic carbocycles. The van der Waals surface area contributed by atoms with E-state index in [1.54, 1.807) is 0 Å². The first-order valence-electron chi connectivity index (χ1n) is 0.960. The average Bonchev–Trinajstić information content (AvgIpc) is 1.37. The first-order chi connectivity index (χ1) is 1.91. The number of rotatable bonds is 1. The molecule has 0 spiro atoms. The van der Waals surface area contributed by atoms with Crippen LogP contribution in [-0.4, -0.2) is 18.0 Å². The molecule has 0 aliphatic heterocycles. The fourth-order valence-corrected chi connectivity index (χ4v) is 0. The van der Waals surface area contributed by atoms with Crippen molar-refractivity contribution in [3.63, 3.8) is 0 Å². The van der Waals surface area contributed by atoms with Crippen LogP contribution in [0.5, 0.6) is 0 Å². The molecule has 29 valence electrons. The van der Waals surface area contributed by atoms with Crippen LogP contribution in [0.4, 0.5) is 0 Å². The number of carbonyl (C=O) groups is 1. The van der Waals surface area contributed by atoms with E-state index in [9.17, 15) is 0 Å². The van der Waals surface area contributed by atoms with E-state index in [1.807, 2.05) is 0 Å². The molecular weight excluding hydrogens is 107 g/mol. The first kappa shape index (κ1) is 8.96. The second-order valence-electron chi connectivity index (χ2n) is 0.349. The van der Waals surface area contributed by atoms with Crippen molar-refractivity contribution in [3.05, 3.63) is 0 Å². The Morgan fingerprint density at radius 2 is 2.00 bits per heavy atom. The quantitative estimate of drug-likeness (QED) is 0.448. The summed E-state index contributed by atoms with van der Waals surface area (Å²) in [5, 5.41) is 7.51. The van der Waals surface area contributed by atoms with Gasteiger partial charge in [0.2, 0.25) is 0 Å². The van der Waals surface area contributed by atoms with Gasteiger partial charge < -0.3 is 9.90 Å². The third-order valence-electron chi connectivity index (χ3n) is 0.0745. The van der Waals surface area contributed by atoms with Crippen molar-refractivity contribution < 1.29 is 28.5 Å². The van der Waals surface area contributed by atoms with E-state index in [1.165, 1.54) is 0 Å². The van der Waals surface area contributed by atoms with Crippen LogP contribution in [0, 0.1) is 0 Å². The summed E-state index contributed by atoms with van der Waals surface area (Å²) >= 11 is 0. The van der Waals surface area contributed by atoms with Gasteiger partial charge in [0.15, 0.2) is 0 Å². The number of carbonyl (C=O) groups excluding carboxylic acids is 1. The molecular formula is C2H4O2V. The summed E-state index contributed by atoms with van der Waals surface area (Å²) in [6, 6.07) is 0. The smallest absolute Gasteiger partial charge is 0.145 e. The fraction of sp³-hybridized carbons (Fsp3) is 0.500. The molecule has 0 aliphatic rings. The van der Waals surface area contributed by atoms with Crippen molar-refractivity contribution in [1.82, 2.24) is 0 Å². The zero-order chi connectivity index (χ0) is 3.41. The van der Waals surface area contributed by atoms with E-state index >= 15 is 0 Å². The molecule has 0 amide bonds. The van der Waals surface area contributed by atoms with Crippen LogP contribution in [0.2, 0.25) is 0 Å². The maximum Gasteiger partial charge on any atom is 0.145 e. The van der Waals surface area contributed by atoms with Gasteiger partial charge in [0, 0.05) is 18.6 Å². The summed E-state index contributed by atoms with van der Waals surface area (Å²) in [5.74, 6) is 0. The molecule has 0 rings (SSSR count). The van der Waals surface area contributed by atoms with Crippen molar-refractivity contribution >= 4 is 6.29 Å². The number of aliphatic hydroxyl groups is 1. The number of hydrogen-bond donors (Lipinski definition) is 1. The summed E-state index contributed by atoms with van der Waals surface area (Å²) in [4.78, 5) is 8.92. The van der Waals surface area contributed by atoms with Crippen LogP contribution in [0.1, 0.15) is 0 Å². The molecule has 0 saturated heterocycles. The zero-order valence-electron chi connectivity index (χ0n) is 2.59. The van der Waals surface area contributed by atoms with Gasteiger partial charge in [-0.1, -0.05) is 0 Å². The molecule has 0 bridgehead atoms. The Bertz CT molecular complexity index is 21.6. The summed E-state index contributed by atoms with van der Waals surface area (Å²) < 4.78 is 0. The minimum absolute atomic E-state index is 0. The molecule has 0 aromatic heterocycles. The Morgan fingerprint density at radius 3 is 2.00 bits per heavy atom. The summed E-state index contributed by atoms with van der Waals surface area (Å²) in [6.07, 6.45) is 0.431. The van der Waals surface area contributed by atoms with Crippen molar-refractivity contribution in [1.29, 1.82) is 0 Å². The molecule has 2 nitrogen and oxygen atoms in total. The van der Waals surface area contributed by atoms with Gasteiger partial charge in [-0.05, 0) is 0 Å². The second-order valence-corrected chi connectivity index (χ2v) is 0.349. The van der Waals surface area contributed by atoms with Crippen LogP contribution in [0.15, 0.2) is 0 Å². The van der Waals surface area contributed by atoms with Crippen molar-refractivity contribution in [2.24, 2.45) is 0 Å². The molecule has 1 N–H and O–H groups in total. The Hall–Kier alpha value is 0.214. The van der Waals surface area contributed by atoms with Crippen LogP contribution in [0.25, 0.3) is 0 Å². The van der Waals surface area contributed by atoms with Gasteiger partial charge in [0.1, 0.15) is 6.29 Å². The first-order valence-corrected chi connectivity index (χ1v) is 0.960. The third kappa shape index (κ3) is 14.0. The minimum atomic E-state index is -0.361. The normalized spacial score (nSPS) is 5.00. The van der Waals surface area contributed by atoms with E-state index in [-0.39, 0.29) is 25.2 Å². The maximum atomic E-state index is 8.92. The van der Waals surface area contributed by atoms with Crippen LogP contribution >= 0.6 is 0 Å². The van der Waals surface area contributed by atoms with Gasteiger partial charge in [-0.3, -0.25) is 0 Å². The molecule has 3 heteroatoms. The van der Waals surface area contributed by atoms with Gasteiger partial charge in [0.05, 0.1) is 6.61 Å². The number of hydrogen-bond acceptors (Lipinski definition) is 2. The number of aldehydes is 1. The standard InChI is InChI=1S/C2H4O2.V/c3-1-2-4;/h1,4H,2H2;. The molecule has 0 saturated carbocycles. The molecule has 0 fully saturated rings. The maximum absolute atomic E-state index is 8.92. The van der Waals surface area contributed by atoms with Crippen LogP contribution in [0.3, 0.4) is 0 Å². The van der Waals surface area contributed by atoms with Crippen molar-refractivity contribution in [2.45, 2.75) is 0 Å². The van der Waals surface area contributed by atoms with Gasteiger partial charge in [-0.15, -0.1) is 0 Å². The SMILES string of the molecule is O=CCO.[V]. The molecule has 1 radical (unpaired) electrons. The summed E-state index contributed by atoms with van der Waals surface area (Å²) in [5.41, 5.74) is 0. The van der Waals surface area contributed by atoms with Gasteiger partial charge in [-0.2, -0.15) is 0 Å². The molecule has 0 heterocycles. The van der Waals surface area contributed by atoms with E-state index < -0.39 is 0 Å².